The molecule has 1 rings (SSSR count). The summed E-state index contributed by atoms with van der Waals surface area (Å²) in [5, 5.41) is 4.44. The Bertz CT molecular complexity index is 253. The normalized spacial score (nSPS) is 28.4. The molecule has 0 aliphatic carbocycles. The van der Waals surface area contributed by atoms with Crippen molar-refractivity contribution < 1.29 is 0 Å². The number of hydrogen-bond donors (Lipinski definition) is 1. The molecule has 1 N–H and O–H groups in total. The average Bonchev–Trinajstić information content (AvgIpc) is 2.26. The fourth-order valence-electron chi connectivity index (χ4n) is 2.58. The lowest BCUT2D eigenvalue weighted by Gasteiger charge is -2.44. The maximum atomic E-state index is 5.99. The zero-order valence-corrected chi connectivity index (χ0v) is 12.4. The van der Waals surface area contributed by atoms with Crippen molar-refractivity contribution >= 4 is 11.6 Å². The Hall–Kier alpha value is -0.0500. The molecule has 17 heavy (non-hydrogen) atoms. The van der Waals surface area contributed by atoms with Crippen molar-refractivity contribution in [3.8, 4) is 0 Å². The largest absolute Gasteiger partial charge is 0.311 e. The zero-order valence-electron chi connectivity index (χ0n) is 11.7. The van der Waals surface area contributed by atoms with Gasteiger partial charge in [0.05, 0.1) is 0 Å². The van der Waals surface area contributed by atoms with Crippen molar-refractivity contribution in [2.45, 2.75) is 46.2 Å². The van der Waals surface area contributed by atoms with E-state index in [4.69, 9.17) is 11.6 Å². The SMILES string of the molecule is C=C(Cl)CN1CC(C(C)CC)NCC1C(C)C. The second-order valence-corrected chi connectivity index (χ2v) is 6.19. The van der Waals surface area contributed by atoms with Crippen LogP contribution in [0.25, 0.3) is 0 Å². The minimum absolute atomic E-state index is 0.575. The summed E-state index contributed by atoms with van der Waals surface area (Å²) in [6.07, 6.45) is 1.22. The first-order valence-corrected chi connectivity index (χ1v) is 7.14. The molecule has 0 aromatic heterocycles. The highest BCUT2D eigenvalue weighted by Crippen LogP contribution is 2.21. The molecule has 0 spiro atoms. The summed E-state index contributed by atoms with van der Waals surface area (Å²) in [6, 6.07) is 1.16. The van der Waals surface area contributed by atoms with Gasteiger partial charge in [0.2, 0.25) is 0 Å². The van der Waals surface area contributed by atoms with Gasteiger partial charge in [0, 0.05) is 36.8 Å². The Morgan fingerprint density at radius 3 is 2.59 bits per heavy atom. The van der Waals surface area contributed by atoms with Gasteiger partial charge in [-0.15, -0.1) is 0 Å². The van der Waals surface area contributed by atoms with Crippen LogP contribution in [0.3, 0.4) is 0 Å². The Balaban J connectivity index is 2.65. The van der Waals surface area contributed by atoms with E-state index < -0.39 is 0 Å². The molecule has 3 atom stereocenters. The minimum atomic E-state index is 0.575. The van der Waals surface area contributed by atoms with Crippen LogP contribution in [0.4, 0.5) is 0 Å². The highest BCUT2D eigenvalue weighted by molar-refractivity contribution is 6.29. The standard InChI is InChI=1S/C14H27ClN2/c1-6-11(4)13-9-17(8-12(5)15)14(7-16-13)10(2)3/h10-11,13-14,16H,5-9H2,1-4H3. The van der Waals surface area contributed by atoms with Crippen LogP contribution in [0.15, 0.2) is 11.6 Å². The monoisotopic (exact) mass is 258 g/mol. The molecule has 3 heteroatoms. The van der Waals surface area contributed by atoms with Crippen LogP contribution in [-0.2, 0) is 0 Å². The van der Waals surface area contributed by atoms with Crippen LogP contribution in [-0.4, -0.2) is 36.6 Å². The summed E-state index contributed by atoms with van der Waals surface area (Å²) in [4.78, 5) is 2.49. The summed E-state index contributed by atoms with van der Waals surface area (Å²) in [6.45, 7) is 15.9. The van der Waals surface area contributed by atoms with E-state index in [2.05, 4.69) is 44.5 Å². The van der Waals surface area contributed by atoms with Crippen molar-refractivity contribution in [1.82, 2.24) is 10.2 Å². The molecule has 3 unspecified atom stereocenters. The molecule has 1 saturated heterocycles. The van der Waals surface area contributed by atoms with Gasteiger partial charge < -0.3 is 5.32 Å². The topological polar surface area (TPSA) is 15.3 Å². The van der Waals surface area contributed by atoms with E-state index in [1.54, 1.807) is 0 Å². The van der Waals surface area contributed by atoms with Crippen LogP contribution in [0.2, 0.25) is 0 Å². The Morgan fingerprint density at radius 2 is 2.12 bits per heavy atom. The number of rotatable bonds is 5. The Labute approximate surface area is 111 Å². The summed E-state index contributed by atoms with van der Waals surface area (Å²) in [5.41, 5.74) is 0. The number of hydrogen-bond acceptors (Lipinski definition) is 2. The van der Waals surface area contributed by atoms with Gasteiger partial charge in [-0.2, -0.15) is 0 Å². The molecule has 0 aromatic carbocycles. The Kier molecular flexibility index (Phi) is 5.98. The summed E-state index contributed by atoms with van der Waals surface area (Å²) in [5.74, 6) is 1.37. The van der Waals surface area contributed by atoms with Crippen LogP contribution < -0.4 is 5.32 Å². The minimum Gasteiger partial charge on any atom is -0.311 e. The lowest BCUT2D eigenvalue weighted by Crippen LogP contribution is -2.60. The van der Waals surface area contributed by atoms with E-state index in [-0.39, 0.29) is 0 Å². The lowest BCUT2D eigenvalue weighted by atomic mass is 9.92. The summed E-state index contributed by atoms with van der Waals surface area (Å²) < 4.78 is 0. The van der Waals surface area contributed by atoms with E-state index in [0.717, 1.165) is 24.7 Å². The first kappa shape index (κ1) is 15.0. The predicted octanol–water partition coefficient (Wildman–Crippen LogP) is 3.08. The van der Waals surface area contributed by atoms with Crippen LogP contribution in [0.5, 0.6) is 0 Å². The molecule has 2 nitrogen and oxygen atoms in total. The third-order valence-electron chi connectivity index (χ3n) is 3.96. The predicted molar refractivity (Wildman–Crippen MR) is 76.4 cm³/mol. The lowest BCUT2D eigenvalue weighted by molar-refractivity contribution is 0.0926. The van der Waals surface area contributed by atoms with E-state index in [1.807, 2.05) is 0 Å². The fraction of sp³-hybridized carbons (Fsp3) is 0.857. The van der Waals surface area contributed by atoms with Gasteiger partial charge in [-0.05, 0) is 11.8 Å². The van der Waals surface area contributed by atoms with Gasteiger partial charge in [-0.3, -0.25) is 4.90 Å². The van der Waals surface area contributed by atoms with Gasteiger partial charge >= 0.3 is 0 Å². The molecule has 0 amide bonds. The molecule has 0 radical (unpaired) electrons. The molecule has 1 aliphatic rings. The average molecular weight is 259 g/mol. The molecular weight excluding hydrogens is 232 g/mol. The number of nitrogens with one attached hydrogen (secondary N) is 1. The molecule has 1 fully saturated rings. The third-order valence-corrected chi connectivity index (χ3v) is 4.08. The second-order valence-electron chi connectivity index (χ2n) is 5.66. The van der Waals surface area contributed by atoms with Crippen LogP contribution in [0.1, 0.15) is 34.1 Å². The molecule has 0 aromatic rings. The van der Waals surface area contributed by atoms with E-state index >= 15 is 0 Å². The van der Waals surface area contributed by atoms with Crippen molar-refractivity contribution in [1.29, 1.82) is 0 Å². The second kappa shape index (κ2) is 6.77. The molecule has 1 aliphatic heterocycles. The summed E-state index contributed by atoms with van der Waals surface area (Å²) >= 11 is 5.99. The maximum absolute atomic E-state index is 5.99. The third kappa shape index (κ3) is 4.27. The molecular formula is C14H27ClN2. The highest BCUT2D eigenvalue weighted by atomic mass is 35.5. The van der Waals surface area contributed by atoms with E-state index in [1.165, 1.54) is 6.42 Å². The van der Waals surface area contributed by atoms with E-state index in [9.17, 15) is 0 Å². The smallest absolute Gasteiger partial charge is 0.0339 e. The highest BCUT2D eigenvalue weighted by Gasteiger charge is 2.31. The number of nitrogens with zero attached hydrogens (tertiary/aromatic N) is 1. The summed E-state index contributed by atoms with van der Waals surface area (Å²) in [7, 11) is 0. The zero-order chi connectivity index (χ0) is 13.0. The van der Waals surface area contributed by atoms with Gasteiger partial charge in [-0.25, -0.2) is 0 Å². The van der Waals surface area contributed by atoms with Crippen LogP contribution >= 0.6 is 11.6 Å². The quantitative estimate of drug-likeness (QED) is 0.815. The molecule has 0 saturated carbocycles. The maximum Gasteiger partial charge on any atom is 0.0339 e. The van der Waals surface area contributed by atoms with Gasteiger partial charge in [0.15, 0.2) is 0 Å². The number of piperazine rings is 1. The molecule has 0 bridgehead atoms. The first-order chi connectivity index (χ1) is 7.95. The van der Waals surface area contributed by atoms with Crippen LogP contribution in [0, 0.1) is 11.8 Å². The van der Waals surface area contributed by atoms with Gasteiger partial charge in [0.25, 0.3) is 0 Å². The van der Waals surface area contributed by atoms with Gasteiger partial charge in [0.1, 0.15) is 0 Å². The fourth-order valence-corrected chi connectivity index (χ4v) is 2.73. The van der Waals surface area contributed by atoms with Crippen molar-refractivity contribution in [3.63, 3.8) is 0 Å². The van der Waals surface area contributed by atoms with E-state index in [0.29, 0.717) is 23.9 Å². The first-order valence-electron chi connectivity index (χ1n) is 6.76. The van der Waals surface area contributed by atoms with Crippen molar-refractivity contribution in [2.24, 2.45) is 11.8 Å². The molecule has 1 heterocycles. The number of halogens is 1. The molecule has 100 valence electrons. The van der Waals surface area contributed by atoms with Gasteiger partial charge in [-0.1, -0.05) is 52.3 Å². The van der Waals surface area contributed by atoms with Crippen molar-refractivity contribution in [3.05, 3.63) is 11.6 Å². The Morgan fingerprint density at radius 1 is 1.47 bits per heavy atom. The van der Waals surface area contributed by atoms with Crippen molar-refractivity contribution in [2.75, 3.05) is 19.6 Å².